The molecule has 0 bridgehead atoms. The summed E-state index contributed by atoms with van der Waals surface area (Å²) < 4.78 is 22.0. The van der Waals surface area contributed by atoms with Crippen LogP contribution in [0.1, 0.15) is 39.2 Å². The molecule has 1 aliphatic carbocycles. The topological polar surface area (TPSA) is 84.8 Å². The van der Waals surface area contributed by atoms with E-state index in [4.69, 9.17) is 16.3 Å². The summed E-state index contributed by atoms with van der Waals surface area (Å²) in [5, 5.41) is 1.81. The van der Waals surface area contributed by atoms with Crippen molar-refractivity contribution in [3.05, 3.63) is 29.2 Å². The maximum absolute atomic E-state index is 12.2. The largest absolute Gasteiger partial charge is 0.470 e. The molecule has 1 amide bonds. The lowest BCUT2D eigenvalue weighted by molar-refractivity contribution is -0.141. The number of fused-ring (bicyclic) bond motifs is 1. The lowest BCUT2D eigenvalue weighted by Crippen LogP contribution is -2.56. The summed E-state index contributed by atoms with van der Waals surface area (Å²) in [6.07, 6.45) is 6.71. The molecule has 3 heterocycles. The van der Waals surface area contributed by atoms with Gasteiger partial charge in [-0.1, -0.05) is 11.6 Å². The summed E-state index contributed by atoms with van der Waals surface area (Å²) in [5.74, 6) is 0.898. The first-order valence-electron chi connectivity index (χ1n) is 9.58. The van der Waals surface area contributed by atoms with Crippen LogP contribution in [0.5, 0.6) is 5.88 Å². The van der Waals surface area contributed by atoms with Crippen molar-refractivity contribution in [1.82, 2.24) is 14.9 Å². The van der Waals surface area contributed by atoms with Crippen LogP contribution in [0.4, 0.5) is 0 Å². The summed E-state index contributed by atoms with van der Waals surface area (Å²) >= 11 is 6.09. The van der Waals surface area contributed by atoms with E-state index >= 15 is 0 Å². The molecular weight excluding hydrogens is 412 g/mol. The molecule has 0 radical (unpaired) electrons. The van der Waals surface area contributed by atoms with Crippen molar-refractivity contribution < 1.29 is 13.7 Å². The highest BCUT2D eigenvalue weighted by atomic mass is 35.5. The Bertz CT molecular complexity index is 1010. The molecule has 2 fully saturated rings. The van der Waals surface area contributed by atoms with Crippen molar-refractivity contribution in [3.8, 4) is 5.88 Å². The molecule has 9 heteroatoms. The SMILES string of the molecule is CC(C)(C)[S@](=O)/N=C/c1cnc(OC2CN(C(=O)C3CC3)C2)c2cnc(Cl)cc12. The van der Waals surface area contributed by atoms with Crippen LogP contribution in [0.3, 0.4) is 0 Å². The molecule has 0 N–H and O–H groups in total. The van der Waals surface area contributed by atoms with Crippen molar-refractivity contribution in [2.45, 2.75) is 44.5 Å². The Balaban J connectivity index is 1.54. The fraction of sp³-hybridized carbons (Fsp3) is 0.500. The van der Waals surface area contributed by atoms with Crippen LogP contribution in [0.15, 0.2) is 22.9 Å². The van der Waals surface area contributed by atoms with Gasteiger partial charge in [0.25, 0.3) is 0 Å². The standard InChI is InChI=1S/C20H23ClN4O3S/c1-20(2,3)29(27)24-8-13-7-23-18(16-9-22-17(21)6-15(13)16)28-14-10-25(11-14)19(26)12-4-5-12/h6-9,12,14H,4-5,10-11H2,1-3H3/b24-8+/t29-/m0/s1. The molecule has 4 rings (SSSR count). The molecule has 0 spiro atoms. The highest BCUT2D eigenvalue weighted by Gasteiger charge is 2.40. The molecule has 2 aromatic heterocycles. The number of aromatic nitrogens is 2. The van der Waals surface area contributed by atoms with Crippen molar-refractivity contribution >= 4 is 45.5 Å². The fourth-order valence-electron chi connectivity index (χ4n) is 3.00. The average molecular weight is 435 g/mol. The lowest BCUT2D eigenvalue weighted by atomic mass is 10.1. The van der Waals surface area contributed by atoms with Crippen molar-refractivity contribution in [3.63, 3.8) is 0 Å². The number of ether oxygens (including phenoxy) is 1. The van der Waals surface area contributed by atoms with E-state index < -0.39 is 15.7 Å². The van der Waals surface area contributed by atoms with Gasteiger partial charge in [-0.15, -0.1) is 0 Å². The van der Waals surface area contributed by atoms with Crippen LogP contribution in [0.25, 0.3) is 10.8 Å². The maximum Gasteiger partial charge on any atom is 0.225 e. The first-order chi connectivity index (χ1) is 13.7. The molecule has 7 nitrogen and oxygen atoms in total. The number of hydrogen-bond donors (Lipinski definition) is 0. The number of rotatable bonds is 5. The Morgan fingerprint density at radius 1 is 1.28 bits per heavy atom. The molecule has 154 valence electrons. The zero-order valence-corrected chi connectivity index (χ0v) is 18.2. The number of carbonyl (C=O) groups excluding carboxylic acids is 1. The van der Waals surface area contributed by atoms with E-state index in [1.165, 1.54) is 0 Å². The minimum atomic E-state index is -1.38. The van der Waals surface area contributed by atoms with Gasteiger partial charge in [-0.3, -0.25) is 4.79 Å². The first kappa shape index (κ1) is 20.2. The van der Waals surface area contributed by atoms with E-state index in [0.29, 0.717) is 35.1 Å². The number of nitrogens with zero attached hydrogens (tertiary/aromatic N) is 4. The molecule has 1 saturated heterocycles. The summed E-state index contributed by atoms with van der Waals surface area (Å²) in [7, 11) is -1.38. The Kier molecular flexibility index (Phi) is 5.33. The van der Waals surface area contributed by atoms with Gasteiger partial charge in [0.2, 0.25) is 11.8 Å². The van der Waals surface area contributed by atoms with Crippen LogP contribution in [0, 0.1) is 5.92 Å². The van der Waals surface area contributed by atoms with Crippen LogP contribution in [-0.4, -0.2) is 55.1 Å². The van der Waals surface area contributed by atoms with E-state index in [1.54, 1.807) is 24.7 Å². The summed E-state index contributed by atoms with van der Waals surface area (Å²) in [6.45, 7) is 6.75. The number of hydrogen-bond acceptors (Lipinski definition) is 5. The second kappa shape index (κ2) is 7.65. The lowest BCUT2D eigenvalue weighted by Gasteiger charge is -2.39. The molecule has 2 aliphatic rings. The van der Waals surface area contributed by atoms with Gasteiger partial charge in [0.1, 0.15) is 22.2 Å². The fourth-order valence-corrected chi connectivity index (χ4v) is 3.69. The van der Waals surface area contributed by atoms with Crippen molar-refractivity contribution in [1.29, 1.82) is 0 Å². The number of likely N-dealkylation sites (tertiary alicyclic amines) is 1. The van der Waals surface area contributed by atoms with Gasteiger partial charge < -0.3 is 9.64 Å². The minimum absolute atomic E-state index is 0.0861. The predicted molar refractivity (Wildman–Crippen MR) is 114 cm³/mol. The van der Waals surface area contributed by atoms with Gasteiger partial charge in [0, 0.05) is 35.5 Å². The third-order valence-corrected chi connectivity index (χ3v) is 6.46. The quantitative estimate of drug-likeness (QED) is 0.533. The third-order valence-electron chi connectivity index (χ3n) is 4.91. The van der Waals surface area contributed by atoms with Gasteiger partial charge in [-0.05, 0) is 39.7 Å². The second-order valence-corrected chi connectivity index (χ2v) is 10.7. The molecule has 1 atom stereocenters. The maximum atomic E-state index is 12.2. The van der Waals surface area contributed by atoms with E-state index in [1.807, 2.05) is 25.7 Å². The zero-order valence-electron chi connectivity index (χ0n) is 16.6. The van der Waals surface area contributed by atoms with E-state index in [9.17, 15) is 9.00 Å². The van der Waals surface area contributed by atoms with Gasteiger partial charge in [0.15, 0.2) is 0 Å². The number of halogens is 1. The van der Waals surface area contributed by atoms with E-state index in [-0.39, 0.29) is 17.9 Å². The number of amides is 1. The molecule has 0 unspecified atom stereocenters. The van der Waals surface area contributed by atoms with Gasteiger partial charge in [0.05, 0.1) is 23.2 Å². The Morgan fingerprint density at radius 2 is 2.00 bits per heavy atom. The highest BCUT2D eigenvalue weighted by molar-refractivity contribution is 7.85. The molecule has 2 aromatic rings. The summed E-state index contributed by atoms with van der Waals surface area (Å²) in [6, 6.07) is 1.72. The normalized spacial score (nSPS) is 18.8. The predicted octanol–water partition coefficient (Wildman–Crippen LogP) is 3.16. The average Bonchev–Trinajstić information content (AvgIpc) is 3.46. The molecular formula is C20H23ClN4O3S. The highest BCUT2D eigenvalue weighted by Crippen LogP contribution is 2.34. The molecule has 1 aliphatic heterocycles. The van der Waals surface area contributed by atoms with Gasteiger partial charge in [-0.25, -0.2) is 14.2 Å². The zero-order chi connectivity index (χ0) is 20.8. The Hall–Kier alpha value is -2.06. The first-order valence-corrected chi connectivity index (χ1v) is 11.1. The van der Waals surface area contributed by atoms with Gasteiger partial charge in [-0.2, -0.15) is 4.40 Å². The summed E-state index contributed by atoms with van der Waals surface area (Å²) in [4.78, 5) is 22.5. The molecule has 29 heavy (non-hydrogen) atoms. The van der Waals surface area contributed by atoms with Crippen LogP contribution in [-0.2, 0) is 15.8 Å². The van der Waals surface area contributed by atoms with E-state index in [2.05, 4.69) is 14.4 Å². The smallest absolute Gasteiger partial charge is 0.225 e. The third kappa shape index (κ3) is 4.43. The Morgan fingerprint density at radius 3 is 2.66 bits per heavy atom. The molecule has 1 saturated carbocycles. The van der Waals surface area contributed by atoms with E-state index in [0.717, 1.165) is 18.2 Å². The second-order valence-electron chi connectivity index (χ2n) is 8.42. The molecule has 0 aromatic carbocycles. The minimum Gasteiger partial charge on any atom is -0.470 e. The number of carbonyl (C=O) groups is 1. The summed E-state index contributed by atoms with van der Waals surface area (Å²) in [5.41, 5.74) is 0.688. The number of pyridine rings is 2. The van der Waals surface area contributed by atoms with Crippen molar-refractivity contribution in [2.24, 2.45) is 10.3 Å². The van der Waals surface area contributed by atoms with Crippen LogP contribution < -0.4 is 4.74 Å². The van der Waals surface area contributed by atoms with Crippen LogP contribution >= 0.6 is 11.6 Å². The Labute approximate surface area is 177 Å². The van der Waals surface area contributed by atoms with Crippen LogP contribution in [0.2, 0.25) is 5.15 Å². The van der Waals surface area contributed by atoms with Gasteiger partial charge >= 0.3 is 0 Å². The van der Waals surface area contributed by atoms with Crippen molar-refractivity contribution in [2.75, 3.05) is 13.1 Å². The monoisotopic (exact) mass is 434 g/mol.